The van der Waals surface area contributed by atoms with Gasteiger partial charge in [0.05, 0.1) is 5.41 Å². The van der Waals surface area contributed by atoms with Gasteiger partial charge in [-0.25, -0.2) is 0 Å². The second kappa shape index (κ2) is 5.24. The van der Waals surface area contributed by atoms with Gasteiger partial charge in [-0.15, -0.1) is 0 Å². The Morgan fingerprint density at radius 1 is 0.818 bits per heavy atom. The van der Waals surface area contributed by atoms with Gasteiger partial charge in [0, 0.05) is 33.1 Å². The minimum absolute atomic E-state index is 0.0363. The van der Waals surface area contributed by atoms with Crippen molar-refractivity contribution in [1.82, 2.24) is 9.80 Å². The third-order valence-electron chi connectivity index (χ3n) is 6.82. The lowest BCUT2D eigenvalue weighted by Gasteiger charge is -2.49. The first kappa shape index (κ1) is 14.5. The van der Waals surface area contributed by atoms with Crippen molar-refractivity contribution < 1.29 is 9.59 Å². The fraction of sp³-hybridized carbons (Fsp3) is 0.889. The first-order chi connectivity index (χ1) is 10.6. The summed E-state index contributed by atoms with van der Waals surface area (Å²) < 4.78 is 0. The molecule has 4 nitrogen and oxygen atoms in total. The van der Waals surface area contributed by atoms with Gasteiger partial charge in [-0.05, 0) is 49.9 Å². The average molecular weight is 304 g/mol. The number of nitrogens with zero attached hydrogens (tertiary/aromatic N) is 2. The van der Waals surface area contributed by atoms with Crippen LogP contribution in [0.3, 0.4) is 0 Å². The molecule has 5 aliphatic rings. The largest absolute Gasteiger partial charge is 0.339 e. The second-order valence-corrected chi connectivity index (χ2v) is 8.34. The zero-order chi connectivity index (χ0) is 15.3. The predicted octanol–water partition coefficient (Wildman–Crippen LogP) is 2.28. The van der Waals surface area contributed by atoms with Gasteiger partial charge in [0.2, 0.25) is 11.8 Å². The minimum Gasteiger partial charge on any atom is -0.339 e. The molecule has 0 aromatic rings. The van der Waals surface area contributed by atoms with E-state index in [1.54, 1.807) is 6.92 Å². The Bertz CT molecular complexity index is 465. The molecule has 22 heavy (non-hydrogen) atoms. The Morgan fingerprint density at radius 2 is 1.32 bits per heavy atom. The molecule has 0 N–H and O–H groups in total. The summed E-state index contributed by atoms with van der Waals surface area (Å²) in [6, 6.07) is 0. The molecule has 0 aromatic heterocycles. The molecule has 4 aliphatic carbocycles. The summed E-state index contributed by atoms with van der Waals surface area (Å²) in [5, 5.41) is 0. The highest BCUT2D eigenvalue weighted by molar-refractivity contribution is 5.83. The van der Waals surface area contributed by atoms with E-state index in [1.807, 2.05) is 4.90 Å². The van der Waals surface area contributed by atoms with Crippen LogP contribution in [0.5, 0.6) is 0 Å². The van der Waals surface area contributed by atoms with Crippen molar-refractivity contribution in [2.45, 2.75) is 51.9 Å². The lowest BCUT2D eigenvalue weighted by atomic mass is 9.58. The Morgan fingerprint density at radius 3 is 1.86 bits per heavy atom. The van der Waals surface area contributed by atoms with E-state index in [-0.39, 0.29) is 11.3 Å². The summed E-state index contributed by atoms with van der Waals surface area (Å²) in [6.07, 6.45) is 8.90. The lowest BCUT2D eigenvalue weighted by molar-refractivity contribution is -0.153. The molecule has 2 atom stereocenters. The molecule has 4 heteroatoms. The van der Waals surface area contributed by atoms with E-state index in [0.717, 1.165) is 50.1 Å². The van der Waals surface area contributed by atoms with Crippen LogP contribution in [0.1, 0.15) is 51.9 Å². The highest BCUT2D eigenvalue weighted by Gasteiger charge is 2.53. The molecule has 0 spiro atoms. The van der Waals surface area contributed by atoms with Crippen molar-refractivity contribution in [2.75, 3.05) is 26.2 Å². The van der Waals surface area contributed by atoms with Crippen LogP contribution in [-0.4, -0.2) is 47.8 Å². The van der Waals surface area contributed by atoms with Crippen LogP contribution in [0.25, 0.3) is 0 Å². The number of rotatable bonds is 1. The molecule has 122 valence electrons. The monoisotopic (exact) mass is 304 g/mol. The number of piperazine rings is 1. The maximum atomic E-state index is 13.3. The van der Waals surface area contributed by atoms with Crippen LogP contribution in [-0.2, 0) is 9.59 Å². The van der Waals surface area contributed by atoms with Gasteiger partial charge >= 0.3 is 0 Å². The number of fused-ring (bicyclic) bond motifs is 1. The van der Waals surface area contributed by atoms with Crippen LogP contribution < -0.4 is 0 Å². The van der Waals surface area contributed by atoms with Gasteiger partial charge in [-0.2, -0.15) is 0 Å². The van der Waals surface area contributed by atoms with Crippen LogP contribution in [0.4, 0.5) is 0 Å². The van der Waals surface area contributed by atoms with E-state index in [1.165, 1.54) is 25.7 Å². The summed E-state index contributed by atoms with van der Waals surface area (Å²) in [5.74, 6) is 2.97. The van der Waals surface area contributed by atoms with Crippen LogP contribution in [0.2, 0.25) is 0 Å². The topological polar surface area (TPSA) is 40.6 Å². The van der Waals surface area contributed by atoms with E-state index in [0.29, 0.717) is 19.0 Å². The van der Waals surface area contributed by atoms with Crippen molar-refractivity contribution in [3.8, 4) is 0 Å². The van der Waals surface area contributed by atoms with Gasteiger partial charge in [-0.1, -0.05) is 12.8 Å². The average Bonchev–Trinajstić information content (AvgIpc) is 2.72. The van der Waals surface area contributed by atoms with Crippen molar-refractivity contribution in [3.05, 3.63) is 0 Å². The SMILES string of the molecule is CC(=O)N1CCN(C(=O)C23CC4C[C@H](CC[C@@H](C4)C2)C3)CC1. The van der Waals surface area contributed by atoms with Crippen molar-refractivity contribution in [1.29, 1.82) is 0 Å². The molecular weight excluding hydrogens is 276 g/mol. The van der Waals surface area contributed by atoms with E-state index < -0.39 is 0 Å². The second-order valence-electron chi connectivity index (χ2n) is 8.34. The van der Waals surface area contributed by atoms with E-state index in [2.05, 4.69) is 4.90 Å². The molecule has 4 bridgehead atoms. The van der Waals surface area contributed by atoms with Crippen molar-refractivity contribution >= 4 is 11.8 Å². The molecule has 5 fully saturated rings. The molecule has 2 amide bonds. The van der Waals surface area contributed by atoms with Crippen LogP contribution >= 0.6 is 0 Å². The normalized spacial score (nSPS) is 40.7. The zero-order valence-corrected chi connectivity index (χ0v) is 13.7. The minimum atomic E-state index is -0.0363. The molecule has 0 unspecified atom stereocenters. The first-order valence-corrected chi connectivity index (χ1v) is 9.11. The van der Waals surface area contributed by atoms with Crippen LogP contribution in [0, 0.1) is 23.2 Å². The Labute approximate surface area is 133 Å². The van der Waals surface area contributed by atoms with E-state index in [4.69, 9.17) is 0 Å². The smallest absolute Gasteiger partial charge is 0.228 e. The zero-order valence-electron chi connectivity index (χ0n) is 13.7. The summed E-state index contributed by atoms with van der Waals surface area (Å²) in [6.45, 7) is 4.53. The van der Waals surface area contributed by atoms with Gasteiger partial charge in [0.1, 0.15) is 0 Å². The van der Waals surface area contributed by atoms with Gasteiger partial charge < -0.3 is 9.80 Å². The molecule has 0 radical (unpaired) electrons. The quantitative estimate of drug-likeness (QED) is 0.746. The third-order valence-corrected chi connectivity index (χ3v) is 6.82. The van der Waals surface area contributed by atoms with Crippen molar-refractivity contribution in [2.24, 2.45) is 23.2 Å². The fourth-order valence-corrected chi connectivity index (χ4v) is 6.01. The van der Waals surface area contributed by atoms with Crippen LogP contribution in [0.15, 0.2) is 0 Å². The Balaban J connectivity index is 1.49. The summed E-state index contributed by atoms with van der Waals surface area (Å²) in [5.41, 5.74) is -0.0363. The lowest BCUT2D eigenvalue weighted by Crippen LogP contribution is -2.56. The number of carbonyl (C=O) groups excluding carboxylic acids is 2. The number of carbonyl (C=O) groups is 2. The maximum Gasteiger partial charge on any atom is 0.228 e. The van der Waals surface area contributed by atoms with Gasteiger partial charge in [0.25, 0.3) is 0 Å². The highest BCUT2D eigenvalue weighted by atomic mass is 16.2. The molecule has 1 aliphatic heterocycles. The summed E-state index contributed by atoms with van der Waals surface area (Å²) >= 11 is 0. The third kappa shape index (κ3) is 2.35. The van der Waals surface area contributed by atoms with Gasteiger partial charge in [0.15, 0.2) is 0 Å². The van der Waals surface area contributed by atoms with Crippen molar-refractivity contribution in [3.63, 3.8) is 0 Å². The van der Waals surface area contributed by atoms with E-state index in [9.17, 15) is 9.59 Å². The predicted molar refractivity (Wildman–Crippen MR) is 84.1 cm³/mol. The summed E-state index contributed by atoms with van der Waals surface area (Å²) in [4.78, 5) is 28.7. The molecule has 0 aromatic carbocycles. The molecule has 1 heterocycles. The number of hydrogen-bond donors (Lipinski definition) is 0. The molecule has 5 rings (SSSR count). The Kier molecular flexibility index (Phi) is 3.46. The number of hydrogen-bond acceptors (Lipinski definition) is 2. The van der Waals surface area contributed by atoms with Gasteiger partial charge in [-0.3, -0.25) is 9.59 Å². The fourth-order valence-electron chi connectivity index (χ4n) is 6.01. The summed E-state index contributed by atoms with van der Waals surface area (Å²) in [7, 11) is 0. The highest BCUT2D eigenvalue weighted by Crippen LogP contribution is 2.58. The molecule has 4 saturated carbocycles. The Hall–Kier alpha value is -1.06. The standard InChI is InChI=1S/C18H28N2O2/c1-13(21)19-4-6-20(7-5-19)17(22)18-10-14-2-3-15(11-18)9-16(8-14)12-18/h14-16H,2-12H2,1H3/t14-,15-,16?,18?/m0/s1. The number of amides is 2. The molecule has 1 saturated heterocycles. The maximum absolute atomic E-state index is 13.3. The van der Waals surface area contributed by atoms with E-state index >= 15 is 0 Å². The first-order valence-electron chi connectivity index (χ1n) is 9.11. The molecular formula is C18H28N2O2.